The fraction of sp³-hybridized carbons (Fsp3) is 0.400. The molecule has 82 valence electrons. The van der Waals surface area contributed by atoms with Gasteiger partial charge < -0.3 is 30.6 Å². The first-order chi connectivity index (χ1) is 6.20. The van der Waals surface area contributed by atoms with E-state index in [-0.39, 0.29) is 0 Å². The van der Waals surface area contributed by atoms with Gasteiger partial charge in [0.1, 0.15) is 0 Å². The number of aliphatic carboxylic acids is 2. The molecule has 0 saturated carbocycles. The maximum absolute atomic E-state index is 9.77. The molecule has 0 fully saturated rings. The highest BCUT2D eigenvalue weighted by atomic mass is 16.6. The average molecular weight is 212 g/mol. The minimum absolute atomic E-state index is 1.77. The van der Waals surface area contributed by atoms with Crippen molar-refractivity contribution in [1.82, 2.24) is 0 Å². The molecule has 0 aromatic rings. The lowest BCUT2D eigenvalue weighted by atomic mass is 10.2. The molecule has 0 aromatic heterocycles. The van der Waals surface area contributed by atoms with Gasteiger partial charge >= 0.3 is 18.1 Å². The van der Waals surface area contributed by atoms with Crippen LogP contribution in [0.2, 0.25) is 0 Å². The third-order valence-corrected chi connectivity index (χ3v) is 0.805. The van der Waals surface area contributed by atoms with Crippen molar-refractivity contribution in [3.05, 3.63) is 0 Å². The van der Waals surface area contributed by atoms with Crippen LogP contribution in [0.3, 0.4) is 0 Å². The fourth-order valence-electron chi connectivity index (χ4n) is 0.270. The number of aliphatic hydroxyl groups excluding tert-OH is 2. The highest BCUT2D eigenvalue weighted by molar-refractivity contribution is 5.83. The average Bonchev–Trinajstić information content (AvgIpc) is 2.00. The van der Waals surface area contributed by atoms with Crippen molar-refractivity contribution >= 4 is 18.1 Å². The van der Waals surface area contributed by atoms with E-state index in [0.717, 1.165) is 0 Å². The summed E-state index contributed by atoms with van der Waals surface area (Å²) in [6.45, 7) is 0. The summed E-state index contributed by atoms with van der Waals surface area (Å²) in [7, 11) is 0. The summed E-state index contributed by atoms with van der Waals surface area (Å²) in [5, 5.41) is 46.5. The quantitative estimate of drug-likeness (QED) is 0.312. The van der Waals surface area contributed by atoms with Crippen molar-refractivity contribution in [3.63, 3.8) is 0 Å². The Morgan fingerprint density at radius 2 is 0.857 bits per heavy atom. The summed E-state index contributed by atoms with van der Waals surface area (Å²) in [5.74, 6) is -3.54. The Bertz CT molecular complexity index is 199. The molecule has 0 spiro atoms. The summed E-state index contributed by atoms with van der Waals surface area (Å²) in [6.07, 6.45) is -6.37. The van der Waals surface area contributed by atoms with Crippen LogP contribution in [0.25, 0.3) is 0 Å². The first kappa shape index (κ1) is 14.6. The van der Waals surface area contributed by atoms with Crippen LogP contribution in [-0.4, -0.2) is 60.9 Å². The molecule has 0 amide bonds. The number of hydrogen-bond acceptors (Lipinski definition) is 5. The van der Waals surface area contributed by atoms with Crippen molar-refractivity contribution in [3.8, 4) is 0 Å². The standard InChI is InChI=1S/C4H6O6.CH2O3/c5-1(3(7)8)2(6)4(9)10;2-1(3)4/h1-2,5-6H,(H,7,8)(H,9,10);(H2,2,3,4)/t1-,2-;/m1./s1. The molecule has 0 aliphatic rings. The highest BCUT2D eigenvalue weighted by Crippen LogP contribution is 1.92. The van der Waals surface area contributed by atoms with E-state index < -0.39 is 30.3 Å². The van der Waals surface area contributed by atoms with E-state index in [1.165, 1.54) is 0 Å². The zero-order chi connectivity index (χ0) is 11.9. The summed E-state index contributed by atoms with van der Waals surface area (Å²) in [6, 6.07) is 0. The van der Waals surface area contributed by atoms with Crippen molar-refractivity contribution < 1.29 is 45.0 Å². The second-order valence-electron chi connectivity index (χ2n) is 1.85. The number of aliphatic hydroxyl groups is 2. The highest BCUT2D eigenvalue weighted by Gasteiger charge is 2.29. The van der Waals surface area contributed by atoms with Crippen LogP contribution in [0.1, 0.15) is 0 Å². The summed E-state index contributed by atoms with van der Waals surface area (Å²) < 4.78 is 0. The van der Waals surface area contributed by atoms with Crippen molar-refractivity contribution in [1.29, 1.82) is 0 Å². The summed E-state index contributed by atoms with van der Waals surface area (Å²) in [5.41, 5.74) is 0. The summed E-state index contributed by atoms with van der Waals surface area (Å²) in [4.78, 5) is 28.1. The van der Waals surface area contributed by atoms with Crippen LogP contribution in [0.15, 0.2) is 0 Å². The van der Waals surface area contributed by atoms with Crippen LogP contribution in [0.4, 0.5) is 4.79 Å². The fourth-order valence-corrected chi connectivity index (χ4v) is 0.270. The number of carboxylic acids is 2. The predicted molar refractivity (Wildman–Crippen MR) is 37.9 cm³/mol. The van der Waals surface area contributed by atoms with Gasteiger partial charge in [0, 0.05) is 0 Å². The third kappa shape index (κ3) is 8.23. The molecule has 0 heterocycles. The van der Waals surface area contributed by atoms with Crippen molar-refractivity contribution in [2.45, 2.75) is 12.2 Å². The molecule has 0 aliphatic carbocycles. The van der Waals surface area contributed by atoms with E-state index >= 15 is 0 Å². The molecule has 6 N–H and O–H groups in total. The second kappa shape index (κ2) is 6.62. The second-order valence-corrected chi connectivity index (χ2v) is 1.85. The van der Waals surface area contributed by atoms with Gasteiger partial charge in [0.15, 0.2) is 12.2 Å². The van der Waals surface area contributed by atoms with Crippen LogP contribution >= 0.6 is 0 Å². The smallest absolute Gasteiger partial charge is 0.479 e. The first-order valence-corrected chi connectivity index (χ1v) is 2.93. The minimum Gasteiger partial charge on any atom is -0.479 e. The van der Waals surface area contributed by atoms with E-state index in [1.807, 2.05) is 0 Å². The Labute approximate surface area is 76.5 Å². The van der Waals surface area contributed by atoms with E-state index in [2.05, 4.69) is 0 Å². The lowest BCUT2D eigenvalue weighted by molar-refractivity contribution is -0.165. The van der Waals surface area contributed by atoms with Gasteiger partial charge in [-0.05, 0) is 0 Å². The van der Waals surface area contributed by atoms with Gasteiger partial charge in [-0.25, -0.2) is 14.4 Å². The molecule has 0 bridgehead atoms. The topological polar surface area (TPSA) is 173 Å². The number of rotatable bonds is 3. The van der Waals surface area contributed by atoms with E-state index in [9.17, 15) is 9.59 Å². The predicted octanol–water partition coefficient (Wildman–Crippen LogP) is -1.90. The normalized spacial score (nSPS) is 13.0. The Balaban J connectivity index is 0. The maximum atomic E-state index is 9.77. The molecule has 14 heavy (non-hydrogen) atoms. The van der Waals surface area contributed by atoms with E-state index in [4.69, 9.17) is 35.4 Å². The minimum atomic E-state index is -2.27. The van der Waals surface area contributed by atoms with E-state index in [0.29, 0.717) is 0 Å². The zero-order valence-corrected chi connectivity index (χ0v) is 6.56. The van der Waals surface area contributed by atoms with Gasteiger partial charge in [0.25, 0.3) is 0 Å². The monoisotopic (exact) mass is 212 g/mol. The Kier molecular flexibility index (Phi) is 6.93. The SMILES string of the molecule is O=C(O)O.O=C(O)[C@H](O)[C@@H](O)C(=O)O. The van der Waals surface area contributed by atoms with Crippen molar-refractivity contribution in [2.24, 2.45) is 0 Å². The van der Waals surface area contributed by atoms with Gasteiger partial charge in [0.05, 0.1) is 0 Å². The van der Waals surface area contributed by atoms with Gasteiger partial charge in [-0.2, -0.15) is 0 Å². The zero-order valence-electron chi connectivity index (χ0n) is 6.56. The number of carbonyl (C=O) groups is 3. The van der Waals surface area contributed by atoms with Crippen LogP contribution < -0.4 is 0 Å². The van der Waals surface area contributed by atoms with E-state index in [1.54, 1.807) is 0 Å². The van der Waals surface area contributed by atoms with Crippen LogP contribution in [0.5, 0.6) is 0 Å². The largest absolute Gasteiger partial charge is 0.503 e. The Hall–Kier alpha value is -1.87. The van der Waals surface area contributed by atoms with Gasteiger partial charge in [0.2, 0.25) is 0 Å². The Morgan fingerprint density at radius 3 is 0.929 bits per heavy atom. The molecule has 0 unspecified atom stereocenters. The van der Waals surface area contributed by atoms with Crippen LogP contribution in [-0.2, 0) is 9.59 Å². The molecule has 0 saturated heterocycles. The maximum Gasteiger partial charge on any atom is 0.503 e. The molecule has 2 atom stereocenters. The lowest BCUT2D eigenvalue weighted by Gasteiger charge is -2.07. The molecule has 0 radical (unpaired) electrons. The third-order valence-electron chi connectivity index (χ3n) is 0.805. The summed E-state index contributed by atoms with van der Waals surface area (Å²) >= 11 is 0. The van der Waals surface area contributed by atoms with Crippen molar-refractivity contribution in [2.75, 3.05) is 0 Å². The molecule has 9 heteroatoms. The molecule has 0 rings (SSSR count). The molecule has 0 aromatic carbocycles. The van der Waals surface area contributed by atoms with Crippen LogP contribution in [0, 0.1) is 0 Å². The number of hydrogen-bond donors (Lipinski definition) is 6. The lowest BCUT2D eigenvalue weighted by Crippen LogP contribution is -2.39. The molecule has 9 nitrogen and oxygen atoms in total. The number of carboxylic acid groups (broad SMARTS) is 4. The molecular formula is C5H8O9. The van der Waals surface area contributed by atoms with Gasteiger partial charge in [-0.3, -0.25) is 0 Å². The first-order valence-electron chi connectivity index (χ1n) is 2.93. The molecular weight excluding hydrogens is 204 g/mol. The Morgan fingerprint density at radius 1 is 0.714 bits per heavy atom. The van der Waals surface area contributed by atoms with Gasteiger partial charge in [-0.15, -0.1) is 0 Å². The van der Waals surface area contributed by atoms with Gasteiger partial charge in [-0.1, -0.05) is 0 Å². The molecule has 0 aliphatic heterocycles.